The fraction of sp³-hybridized carbons (Fsp3) is 0.273. The van der Waals surface area contributed by atoms with E-state index < -0.39 is 0 Å². The van der Waals surface area contributed by atoms with E-state index in [1.54, 1.807) is 30.2 Å². The lowest BCUT2D eigenvalue weighted by Crippen LogP contribution is -2.27. The van der Waals surface area contributed by atoms with Crippen molar-refractivity contribution < 1.29 is 19.0 Å². The first kappa shape index (κ1) is 22.5. The van der Waals surface area contributed by atoms with Crippen LogP contribution in [0.25, 0.3) is 6.08 Å². The average molecular weight is 464 g/mol. The number of rotatable bonds is 8. The van der Waals surface area contributed by atoms with E-state index in [1.165, 1.54) is 17.3 Å². The van der Waals surface area contributed by atoms with Gasteiger partial charge in [0.05, 0.1) is 17.0 Å². The van der Waals surface area contributed by atoms with Crippen LogP contribution in [0.5, 0.6) is 17.2 Å². The quantitative estimate of drug-likeness (QED) is 0.299. The number of halogens is 1. The number of aryl methyl sites for hydroxylation is 1. The van der Waals surface area contributed by atoms with E-state index in [-0.39, 0.29) is 5.91 Å². The van der Waals surface area contributed by atoms with Crippen LogP contribution < -0.4 is 14.2 Å². The second kappa shape index (κ2) is 10.2. The summed E-state index contributed by atoms with van der Waals surface area (Å²) in [4.78, 5) is 14.5. The van der Waals surface area contributed by atoms with Crippen LogP contribution in [0.3, 0.4) is 0 Å². The molecule has 0 N–H and O–H groups in total. The highest BCUT2D eigenvalue weighted by atomic mass is 35.5. The van der Waals surface area contributed by atoms with Crippen molar-refractivity contribution in [2.75, 3.05) is 26.9 Å². The Morgan fingerprint density at radius 2 is 1.87 bits per heavy atom. The molecule has 1 saturated heterocycles. The summed E-state index contributed by atoms with van der Waals surface area (Å²) in [5.74, 6) is 1.60. The second-order valence-corrected chi connectivity index (χ2v) is 8.55. The van der Waals surface area contributed by atoms with Gasteiger partial charge < -0.3 is 14.2 Å². The Balaban J connectivity index is 1.68. The van der Waals surface area contributed by atoms with Crippen molar-refractivity contribution in [1.29, 1.82) is 0 Å². The van der Waals surface area contributed by atoms with Crippen molar-refractivity contribution in [2.45, 2.75) is 13.8 Å². The Hall–Kier alpha value is -2.22. The summed E-state index contributed by atoms with van der Waals surface area (Å²) >= 11 is 13.0. The fourth-order valence-corrected chi connectivity index (χ4v) is 4.48. The van der Waals surface area contributed by atoms with E-state index in [4.69, 9.17) is 38.0 Å². The molecule has 158 valence electrons. The van der Waals surface area contributed by atoms with Crippen LogP contribution in [-0.4, -0.2) is 42.0 Å². The number of carbonyl (C=O) groups is 1. The lowest BCUT2D eigenvalue weighted by molar-refractivity contribution is -0.121. The summed E-state index contributed by atoms with van der Waals surface area (Å²) in [7, 11) is 1.54. The molecular weight excluding hydrogens is 442 g/mol. The second-order valence-electron chi connectivity index (χ2n) is 6.47. The molecule has 0 atom stereocenters. The number of ether oxygens (including phenoxy) is 3. The van der Waals surface area contributed by atoms with E-state index in [0.717, 1.165) is 11.3 Å². The van der Waals surface area contributed by atoms with Crippen LogP contribution in [0.1, 0.15) is 18.1 Å². The minimum Gasteiger partial charge on any atom is -0.493 e. The van der Waals surface area contributed by atoms with Gasteiger partial charge in [0, 0.05) is 6.54 Å². The zero-order valence-corrected chi connectivity index (χ0v) is 19.3. The number of nitrogens with zero attached hydrogens (tertiary/aromatic N) is 1. The van der Waals surface area contributed by atoms with Crippen LogP contribution in [0.15, 0.2) is 41.3 Å². The molecule has 2 aromatic carbocycles. The Morgan fingerprint density at radius 1 is 1.17 bits per heavy atom. The number of amides is 1. The van der Waals surface area contributed by atoms with Gasteiger partial charge in [-0.3, -0.25) is 9.69 Å². The molecule has 0 bridgehead atoms. The predicted octanol–water partition coefficient (Wildman–Crippen LogP) is 5.34. The first-order valence-corrected chi connectivity index (χ1v) is 11.0. The Morgan fingerprint density at radius 3 is 2.50 bits per heavy atom. The molecule has 1 fully saturated rings. The summed E-state index contributed by atoms with van der Waals surface area (Å²) in [6, 6.07) is 11.3. The van der Waals surface area contributed by atoms with Gasteiger partial charge in [-0.15, -0.1) is 0 Å². The molecule has 5 nitrogen and oxygen atoms in total. The highest BCUT2D eigenvalue weighted by Gasteiger charge is 2.30. The Kier molecular flexibility index (Phi) is 7.64. The lowest BCUT2D eigenvalue weighted by atomic mass is 10.1. The minimum atomic E-state index is -0.101. The van der Waals surface area contributed by atoms with Gasteiger partial charge in [0.1, 0.15) is 23.3 Å². The maximum absolute atomic E-state index is 12.4. The van der Waals surface area contributed by atoms with E-state index in [9.17, 15) is 4.79 Å². The van der Waals surface area contributed by atoms with Gasteiger partial charge in [0.15, 0.2) is 11.5 Å². The van der Waals surface area contributed by atoms with Gasteiger partial charge in [-0.1, -0.05) is 53.3 Å². The molecule has 0 saturated carbocycles. The number of carbonyl (C=O) groups excluding carboxylic acids is 1. The number of likely N-dealkylation sites (N-methyl/N-ethyl adjacent to an activating group) is 1. The van der Waals surface area contributed by atoms with Gasteiger partial charge in [0.25, 0.3) is 5.91 Å². The highest BCUT2D eigenvalue weighted by Crippen LogP contribution is 2.39. The third-order valence-electron chi connectivity index (χ3n) is 4.36. The molecule has 0 spiro atoms. The normalized spacial score (nSPS) is 15.1. The van der Waals surface area contributed by atoms with E-state index in [2.05, 4.69) is 0 Å². The van der Waals surface area contributed by atoms with Crippen molar-refractivity contribution in [3.05, 3.63) is 57.5 Å². The van der Waals surface area contributed by atoms with Crippen molar-refractivity contribution in [3.8, 4) is 17.2 Å². The summed E-state index contributed by atoms with van der Waals surface area (Å²) in [5, 5.41) is 0.391. The van der Waals surface area contributed by atoms with Gasteiger partial charge in [0.2, 0.25) is 0 Å². The summed E-state index contributed by atoms with van der Waals surface area (Å²) < 4.78 is 17.5. The molecule has 2 aromatic rings. The van der Waals surface area contributed by atoms with E-state index >= 15 is 0 Å². The Labute approximate surface area is 190 Å². The van der Waals surface area contributed by atoms with Crippen molar-refractivity contribution in [3.63, 3.8) is 0 Å². The Bertz CT molecular complexity index is 976. The highest BCUT2D eigenvalue weighted by molar-refractivity contribution is 8.26. The monoisotopic (exact) mass is 463 g/mol. The molecule has 1 heterocycles. The number of thiocarbonyl (C=S) groups is 1. The van der Waals surface area contributed by atoms with Gasteiger partial charge in [-0.2, -0.15) is 0 Å². The lowest BCUT2D eigenvalue weighted by Gasteiger charge is -2.14. The third-order valence-corrected chi connectivity index (χ3v) is 6.02. The maximum Gasteiger partial charge on any atom is 0.266 e. The predicted molar refractivity (Wildman–Crippen MR) is 126 cm³/mol. The zero-order valence-electron chi connectivity index (χ0n) is 16.9. The maximum atomic E-state index is 12.4. The molecule has 3 rings (SSSR count). The standard InChI is InChI=1S/C22H22ClNO4S2/c1-4-24-21(25)19(30-22(24)29)13-15-11-17(23)20(18(12-15)26-3)28-10-9-27-16-7-5-14(2)6-8-16/h5-8,11-13H,4,9-10H2,1-3H3/b19-13-. The number of thioether (sulfide) groups is 1. The first-order valence-electron chi connectivity index (χ1n) is 9.38. The number of benzene rings is 2. The molecule has 0 unspecified atom stereocenters. The fourth-order valence-electron chi connectivity index (χ4n) is 2.82. The van der Waals surface area contributed by atoms with E-state index in [0.29, 0.717) is 45.5 Å². The van der Waals surface area contributed by atoms with Crippen LogP contribution in [-0.2, 0) is 4.79 Å². The molecule has 0 aromatic heterocycles. The number of methoxy groups -OCH3 is 1. The average Bonchev–Trinajstić information content (AvgIpc) is 2.99. The van der Waals surface area contributed by atoms with Gasteiger partial charge >= 0.3 is 0 Å². The molecule has 1 aliphatic rings. The summed E-state index contributed by atoms with van der Waals surface area (Å²) in [6.07, 6.45) is 1.76. The molecular formula is C22H22ClNO4S2. The molecule has 0 radical (unpaired) electrons. The van der Waals surface area contributed by atoms with Crippen LogP contribution in [0.2, 0.25) is 5.02 Å². The molecule has 1 aliphatic heterocycles. The molecule has 30 heavy (non-hydrogen) atoms. The summed E-state index contributed by atoms with van der Waals surface area (Å²) in [6.45, 7) is 5.13. The minimum absolute atomic E-state index is 0.101. The van der Waals surface area contributed by atoms with Crippen molar-refractivity contribution in [2.24, 2.45) is 0 Å². The van der Waals surface area contributed by atoms with Crippen LogP contribution in [0.4, 0.5) is 0 Å². The first-order chi connectivity index (χ1) is 14.4. The van der Waals surface area contributed by atoms with E-state index in [1.807, 2.05) is 38.1 Å². The van der Waals surface area contributed by atoms with Crippen LogP contribution >= 0.6 is 35.6 Å². The third kappa shape index (κ3) is 5.28. The van der Waals surface area contributed by atoms with Gasteiger partial charge in [-0.05, 0) is 49.8 Å². The summed E-state index contributed by atoms with van der Waals surface area (Å²) in [5.41, 5.74) is 1.91. The number of hydrogen-bond donors (Lipinski definition) is 0. The molecule has 8 heteroatoms. The molecule has 1 amide bonds. The van der Waals surface area contributed by atoms with Crippen molar-refractivity contribution >= 4 is 51.9 Å². The zero-order chi connectivity index (χ0) is 21.7. The SMILES string of the molecule is CCN1C(=O)/C(=C/c2cc(Cl)c(OCCOc3ccc(C)cc3)c(OC)c2)SC1=S. The smallest absolute Gasteiger partial charge is 0.266 e. The van der Waals surface area contributed by atoms with Crippen LogP contribution in [0, 0.1) is 6.92 Å². The van der Waals surface area contributed by atoms with Crippen molar-refractivity contribution in [1.82, 2.24) is 4.90 Å². The molecule has 0 aliphatic carbocycles. The van der Waals surface area contributed by atoms with Gasteiger partial charge in [-0.25, -0.2) is 0 Å². The topological polar surface area (TPSA) is 48.0 Å². The number of hydrogen-bond acceptors (Lipinski definition) is 6. The largest absolute Gasteiger partial charge is 0.493 e.